The molecule has 0 aliphatic rings. The molecule has 17 aromatic carbocycles. The highest BCUT2D eigenvalue weighted by molar-refractivity contribution is 7.55. The van der Waals surface area contributed by atoms with Crippen molar-refractivity contribution in [2.45, 2.75) is 73.0 Å². The molecule has 24 aromatic rings. The minimum absolute atomic E-state index is 0.108. The molecule has 1 unspecified atom stereocenters. The lowest BCUT2D eigenvalue weighted by atomic mass is 9.86. The Morgan fingerprint density at radius 3 is 0.882 bits per heavy atom. The summed E-state index contributed by atoms with van der Waals surface area (Å²) in [6.45, 7) is 21.3. The highest BCUT2D eigenvalue weighted by atomic mass is 31.0. The van der Waals surface area contributed by atoms with E-state index >= 15 is 0 Å². The van der Waals surface area contributed by atoms with Crippen LogP contribution < -0.4 is 0 Å². The van der Waals surface area contributed by atoms with Gasteiger partial charge >= 0.3 is 0 Å². The average molecular weight is 1880 g/mol. The minimum Gasteiger partial charge on any atom is -0.416 e. The molecule has 15 heteroatoms. The van der Waals surface area contributed by atoms with E-state index in [0.29, 0.717) is 11.8 Å². The van der Waals surface area contributed by atoms with E-state index in [4.69, 9.17) is 14.4 Å². The molecule has 1 atom stereocenters. The van der Waals surface area contributed by atoms with Crippen LogP contribution in [0.15, 0.2) is 478 Å². The van der Waals surface area contributed by atoms with Crippen LogP contribution in [0.3, 0.4) is 0 Å². The van der Waals surface area contributed by atoms with E-state index in [1.165, 1.54) is 83.1 Å². The lowest BCUT2D eigenvalue weighted by molar-refractivity contribution is 0.582. The fourth-order valence-corrected chi connectivity index (χ4v) is 18.0. The molecule has 0 aliphatic heterocycles. The van der Waals surface area contributed by atoms with Crippen LogP contribution in [0.4, 0.5) is 0 Å². The molecule has 0 saturated heterocycles. The molecule has 0 amide bonds. The van der Waals surface area contributed by atoms with Gasteiger partial charge in [-0.3, -0.25) is 29.1 Å². The monoisotopic (exact) mass is 1880 g/mol. The smallest absolute Gasteiger partial charge is 0.248 e. The predicted octanol–water partition coefficient (Wildman–Crippen LogP) is 33.1. The summed E-state index contributed by atoms with van der Waals surface area (Å²) in [6.07, 6.45) is 3.75. The second kappa shape index (κ2) is 43.9. The first kappa shape index (κ1) is 95.5. The molecule has 144 heavy (non-hydrogen) atoms. The maximum absolute atomic E-state index is 5.90. The Morgan fingerprint density at radius 2 is 0.514 bits per heavy atom. The van der Waals surface area contributed by atoms with Crippen molar-refractivity contribution in [2.24, 2.45) is 0 Å². The van der Waals surface area contributed by atoms with E-state index in [-0.39, 0.29) is 10.8 Å². The molecule has 0 aliphatic carbocycles. The molecule has 697 valence electrons. The summed E-state index contributed by atoms with van der Waals surface area (Å²) in [5.74, 6) is 4.42. The molecule has 0 bridgehead atoms. The molecular formula is C129H107BN12OP. The summed E-state index contributed by atoms with van der Waals surface area (Å²) in [7, 11) is 2.45. The Hall–Kier alpha value is -17.4. The Labute approximate surface area is 844 Å². The number of para-hydroxylation sites is 1. The summed E-state index contributed by atoms with van der Waals surface area (Å²) in [5.41, 5.74) is 31.1. The van der Waals surface area contributed by atoms with Crippen LogP contribution in [0.25, 0.3) is 201 Å². The Morgan fingerprint density at radius 1 is 0.243 bits per heavy atom. The Balaban J connectivity index is 0.000000113. The van der Waals surface area contributed by atoms with Crippen molar-refractivity contribution >= 4 is 70.5 Å². The first-order valence-electron chi connectivity index (χ1n) is 48.5. The van der Waals surface area contributed by atoms with Crippen molar-refractivity contribution in [3.8, 4) is 147 Å². The number of pyridine rings is 4. The number of hydrogen-bond acceptors (Lipinski definition) is 11. The molecule has 1 radical (unpaired) electrons. The van der Waals surface area contributed by atoms with Crippen LogP contribution in [0, 0.1) is 13.8 Å². The van der Waals surface area contributed by atoms with Gasteiger partial charge in [-0.25, -0.2) is 0 Å². The van der Waals surface area contributed by atoms with Crippen molar-refractivity contribution in [1.29, 1.82) is 0 Å². The number of benzene rings is 17. The van der Waals surface area contributed by atoms with Gasteiger partial charge in [-0.2, -0.15) is 9.12 Å². The summed E-state index contributed by atoms with van der Waals surface area (Å²) in [6, 6.07) is 159. The van der Waals surface area contributed by atoms with Gasteiger partial charge in [-0.1, -0.05) is 443 Å². The fourth-order valence-electron chi connectivity index (χ4n) is 18.0. The first-order chi connectivity index (χ1) is 70.5. The highest BCUT2D eigenvalue weighted by Crippen LogP contribution is 2.42. The highest BCUT2D eigenvalue weighted by Gasteiger charge is 2.24. The SMILES string of the molecule is CC(C)(C)c1ccc(-c2nnc(-c3ccc(-c4ccccc4)cc3)n2-c2ccccc2)cc1.CC(C)(C)c1ccc(-c2nnc(-c3ccc(-c4ccccc4)cc3)o2)cc1.C[B]P.Cc1cc(-c2ccccc2)c2ccc3c(-c4ccccc4)cc(C)nc3c2n1.c1ccc(-c2ccnc3c2ccc2c(-c4ccccc4)ccnc23)cc1.c1ccc(-c2nnc(-c3ccccc3)n2-c2cccc3ccccc23)cc1. The lowest BCUT2D eigenvalue weighted by Crippen LogP contribution is -2.10. The number of hydrogen-bond donors (Lipinski definition) is 0. The second-order valence-electron chi connectivity index (χ2n) is 37.2. The number of rotatable bonds is 14. The van der Waals surface area contributed by atoms with Crippen molar-refractivity contribution < 1.29 is 4.42 Å². The standard InChI is InChI=1S/C30H27N3.C26H20N2.C24H17N3.C24H22N2O.C24H16N2.CH5BP/c1-30(2,3)26-20-18-25(19-21-26)29-32-31-28(33(29)27-12-8-5-9-13-27)24-16-14-23(15-17-24)22-10-6-4-7-11-22;1-17-15-23(19-9-5-3-6-10-19)21-13-14-22-24(20-11-7-4-8-12-20)16-18(2)28-26(22)25(21)27-17;1-3-11-19(12-4-1)23-25-26-24(20-13-5-2-6-14-20)27(23)22-17-9-15-18-10-7-8-16-21(18)22;1-24(2,3)21-15-13-20(14-16-21)23-26-25-22(27-23)19-11-9-18(10-12-19)17-7-5-4-6-8-17;1-3-7-17(8-4-1)19-13-15-25-23-21(19)11-12-22-20(14-16-26-24(22)23)18-9-5-2-6-10-18;1-2-3/h4-21H,1-3H3;3-16H,1-2H3;1-17H;4-16H,1-3H3;1-16H;3H2,1H3. The van der Waals surface area contributed by atoms with Gasteiger partial charge < -0.3 is 4.42 Å². The third-order valence-electron chi connectivity index (χ3n) is 25.3. The minimum atomic E-state index is 0.108. The molecule has 7 aromatic heterocycles. The summed E-state index contributed by atoms with van der Waals surface area (Å²) in [4.78, 5) is 19.1. The van der Waals surface area contributed by atoms with Crippen LogP contribution in [0.2, 0.25) is 6.82 Å². The normalized spacial score (nSPS) is 11.1. The van der Waals surface area contributed by atoms with E-state index in [1.54, 1.807) is 0 Å². The van der Waals surface area contributed by atoms with Crippen LogP contribution >= 0.6 is 9.12 Å². The molecule has 13 nitrogen and oxygen atoms in total. The Bertz CT molecular complexity index is 8180. The van der Waals surface area contributed by atoms with E-state index in [9.17, 15) is 0 Å². The number of fused-ring (bicyclic) bond motifs is 7. The van der Waals surface area contributed by atoms with E-state index in [2.05, 4.69) is 448 Å². The zero-order valence-electron chi connectivity index (χ0n) is 82.0. The van der Waals surface area contributed by atoms with Gasteiger partial charge in [0.1, 0.15) is 7.00 Å². The van der Waals surface area contributed by atoms with Crippen molar-refractivity contribution in [1.82, 2.24) is 59.7 Å². The van der Waals surface area contributed by atoms with E-state index < -0.39 is 0 Å². The molecular weight excluding hydrogens is 1780 g/mol. The zero-order chi connectivity index (χ0) is 98.9. The van der Waals surface area contributed by atoms with E-state index in [0.717, 1.165) is 129 Å². The molecule has 0 N–H and O–H groups in total. The average Bonchev–Trinajstić information content (AvgIpc) is 1.18. The predicted molar refractivity (Wildman–Crippen MR) is 602 cm³/mol. The van der Waals surface area contributed by atoms with Crippen LogP contribution in [0.5, 0.6) is 0 Å². The molecule has 7 heterocycles. The Kier molecular flexibility index (Phi) is 29.1. The lowest BCUT2D eigenvalue weighted by Gasteiger charge is -2.19. The maximum Gasteiger partial charge on any atom is 0.248 e. The summed E-state index contributed by atoms with van der Waals surface area (Å²) < 4.78 is 10.2. The molecule has 0 saturated carbocycles. The van der Waals surface area contributed by atoms with Crippen molar-refractivity contribution in [3.05, 3.63) is 496 Å². The van der Waals surface area contributed by atoms with Crippen molar-refractivity contribution in [2.75, 3.05) is 0 Å². The largest absolute Gasteiger partial charge is 0.416 e. The zero-order valence-corrected chi connectivity index (χ0v) is 83.1. The first-order valence-corrected chi connectivity index (χ1v) is 49.1. The summed E-state index contributed by atoms with van der Waals surface area (Å²) >= 11 is 0. The topological polar surface area (TPSA) is 152 Å². The number of aromatic nitrogens is 12. The van der Waals surface area contributed by atoms with Gasteiger partial charge in [0.25, 0.3) is 0 Å². The third-order valence-corrected chi connectivity index (χ3v) is 25.3. The van der Waals surface area contributed by atoms with Crippen LogP contribution in [-0.2, 0) is 10.8 Å². The van der Waals surface area contributed by atoms with Gasteiger partial charge in [0, 0.05) is 89.8 Å². The maximum atomic E-state index is 5.90. The molecule has 24 rings (SSSR count). The second-order valence-corrected chi connectivity index (χ2v) is 37.9. The molecule has 0 fully saturated rings. The number of aryl methyl sites for hydroxylation is 2. The van der Waals surface area contributed by atoms with Gasteiger partial charge in [0.15, 0.2) is 23.3 Å². The summed E-state index contributed by atoms with van der Waals surface area (Å²) in [5, 5.41) is 33.7. The van der Waals surface area contributed by atoms with Gasteiger partial charge in [0.05, 0.1) is 27.8 Å². The van der Waals surface area contributed by atoms with Crippen LogP contribution in [-0.4, -0.2) is 66.7 Å². The molecule has 0 spiro atoms. The van der Waals surface area contributed by atoms with E-state index in [1.807, 2.05) is 154 Å². The van der Waals surface area contributed by atoms with Crippen LogP contribution in [0.1, 0.15) is 64.1 Å². The quantitative estimate of drug-likeness (QED) is 0.0581. The van der Waals surface area contributed by atoms with Gasteiger partial charge in [-0.15, -0.1) is 30.6 Å². The number of nitrogens with zero attached hydrogens (tertiary/aromatic N) is 12. The van der Waals surface area contributed by atoms with Gasteiger partial charge in [0.2, 0.25) is 11.8 Å². The van der Waals surface area contributed by atoms with Gasteiger partial charge in [-0.05, 0) is 175 Å². The fraction of sp³-hybridized carbons (Fsp3) is 0.0853. The third kappa shape index (κ3) is 21.6. The van der Waals surface area contributed by atoms with Crippen molar-refractivity contribution in [3.63, 3.8) is 0 Å².